The molecule has 0 bridgehead atoms. The van der Waals surface area contributed by atoms with E-state index in [1.807, 2.05) is 6.08 Å². The Bertz CT molecular complexity index is 303. The Balaban J connectivity index is 5.19. The summed E-state index contributed by atoms with van der Waals surface area (Å²) in [6, 6.07) is 0. The average molecular weight is 235 g/mol. The van der Waals surface area contributed by atoms with E-state index in [1.165, 1.54) is 11.1 Å². The van der Waals surface area contributed by atoms with Crippen LogP contribution in [0.15, 0.2) is 23.3 Å². The SMILES string of the molecule is CC/C(=C\C(=C/C(=N)C(C)C)C(C)C)C(C)C. The Kier molecular flexibility index (Phi) is 7.10. The third-order valence-corrected chi connectivity index (χ3v) is 3.11. The summed E-state index contributed by atoms with van der Waals surface area (Å²) in [6.45, 7) is 15.2. The lowest BCUT2D eigenvalue weighted by molar-refractivity contribution is 0.719. The molecule has 0 saturated carbocycles. The van der Waals surface area contributed by atoms with Crippen molar-refractivity contribution in [3.8, 4) is 0 Å². The van der Waals surface area contributed by atoms with Crippen LogP contribution in [-0.2, 0) is 0 Å². The smallest absolute Gasteiger partial charge is 0.0342 e. The number of nitrogens with one attached hydrogen (secondary N) is 1. The Hall–Kier alpha value is -0.850. The molecular formula is C16H29N. The van der Waals surface area contributed by atoms with Gasteiger partial charge in [0.15, 0.2) is 0 Å². The van der Waals surface area contributed by atoms with Gasteiger partial charge in [-0.25, -0.2) is 0 Å². The van der Waals surface area contributed by atoms with Crippen molar-refractivity contribution in [3.63, 3.8) is 0 Å². The molecule has 17 heavy (non-hydrogen) atoms. The molecule has 1 N–H and O–H groups in total. The molecule has 0 radical (unpaired) electrons. The monoisotopic (exact) mass is 235 g/mol. The zero-order valence-electron chi connectivity index (χ0n) is 12.6. The molecule has 0 heterocycles. The minimum Gasteiger partial charge on any atom is -0.305 e. The van der Waals surface area contributed by atoms with Crippen molar-refractivity contribution in [1.82, 2.24) is 0 Å². The van der Waals surface area contributed by atoms with Gasteiger partial charge in [0.1, 0.15) is 0 Å². The first kappa shape index (κ1) is 16.1. The molecule has 0 spiro atoms. The van der Waals surface area contributed by atoms with E-state index in [2.05, 4.69) is 54.5 Å². The van der Waals surface area contributed by atoms with Gasteiger partial charge in [-0.1, -0.05) is 60.1 Å². The molecule has 0 aliphatic rings. The van der Waals surface area contributed by atoms with Crippen molar-refractivity contribution in [1.29, 1.82) is 5.41 Å². The molecule has 1 nitrogen and oxygen atoms in total. The Morgan fingerprint density at radius 1 is 0.882 bits per heavy atom. The first-order valence-electron chi connectivity index (χ1n) is 6.80. The lowest BCUT2D eigenvalue weighted by Crippen LogP contribution is -2.05. The average Bonchev–Trinajstić information content (AvgIpc) is 2.22. The summed E-state index contributed by atoms with van der Waals surface area (Å²) in [5, 5.41) is 7.97. The molecule has 0 aliphatic carbocycles. The molecule has 1 heteroatoms. The van der Waals surface area contributed by atoms with Gasteiger partial charge < -0.3 is 5.41 Å². The van der Waals surface area contributed by atoms with Crippen molar-refractivity contribution >= 4 is 5.71 Å². The third kappa shape index (κ3) is 5.86. The van der Waals surface area contributed by atoms with E-state index in [4.69, 9.17) is 5.41 Å². The first-order valence-corrected chi connectivity index (χ1v) is 6.80. The predicted molar refractivity (Wildman–Crippen MR) is 78.7 cm³/mol. The van der Waals surface area contributed by atoms with Crippen molar-refractivity contribution < 1.29 is 0 Å². The second-order valence-electron chi connectivity index (χ2n) is 5.64. The second kappa shape index (κ2) is 7.47. The molecule has 0 aliphatic heterocycles. The zero-order valence-corrected chi connectivity index (χ0v) is 12.6. The summed E-state index contributed by atoms with van der Waals surface area (Å²) < 4.78 is 0. The highest BCUT2D eigenvalue weighted by Crippen LogP contribution is 2.21. The largest absolute Gasteiger partial charge is 0.305 e. The second-order valence-corrected chi connectivity index (χ2v) is 5.64. The van der Waals surface area contributed by atoms with E-state index in [9.17, 15) is 0 Å². The molecular weight excluding hydrogens is 206 g/mol. The predicted octanol–water partition coefficient (Wildman–Crippen LogP) is 5.24. The van der Waals surface area contributed by atoms with Crippen LogP contribution in [0.1, 0.15) is 54.9 Å². The molecule has 0 amide bonds. The van der Waals surface area contributed by atoms with Gasteiger partial charge in [0, 0.05) is 5.71 Å². The minimum atomic E-state index is 0.307. The zero-order chi connectivity index (χ0) is 13.6. The Labute approximate surface area is 108 Å². The summed E-state index contributed by atoms with van der Waals surface area (Å²) in [5.74, 6) is 1.38. The summed E-state index contributed by atoms with van der Waals surface area (Å²) in [4.78, 5) is 0. The molecule has 0 fully saturated rings. The highest BCUT2D eigenvalue weighted by atomic mass is 14.4. The normalized spacial score (nSPS) is 14.0. The highest BCUT2D eigenvalue weighted by molar-refractivity contribution is 5.94. The van der Waals surface area contributed by atoms with E-state index in [-0.39, 0.29) is 0 Å². The highest BCUT2D eigenvalue weighted by Gasteiger charge is 2.07. The van der Waals surface area contributed by atoms with Crippen molar-refractivity contribution in [2.24, 2.45) is 17.8 Å². The fourth-order valence-corrected chi connectivity index (χ4v) is 1.61. The van der Waals surface area contributed by atoms with E-state index in [1.54, 1.807) is 0 Å². The summed E-state index contributed by atoms with van der Waals surface area (Å²) >= 11 is 0. The van der Waals surface area contributed by atoms with Gasteiger partial charge in [-0.2, -0.15) is 0 Å². The van der Waals surface area contributed by atoms with Crippen LogP contribution in [0.25, 0.3) is 0 Å². The van der Waals surface area contributed by atoms with Crippen LogP contribution >= 0.6 is 0 Å². The van der Waals surface area contributed by atoms with Crippen molar-refractivity contribution in [2.45, 2.75) is 54.9 Å². The molecule has 0 atom stereocenters. The number of allylic oxidation sites excluding steroid dienone is 4. The Morgan fingerprint density at radius 2 is 1.41 bits per heavy atom. The number of hydrogen-bond donors (Lipinski definition) is 1. The topological polar surface area (TPSA) is 23.9 Å². The maximum Gasteiger partial charge on any atom is 0.0342 e. The minimum absolute atomic E-state index is 0.307. The van der Waals surface area contributed by atoms with E-state index >= 15 is 0 Å². The van der Waals surface area contributed by atoms with E-state index < -0.39 is 0 Å². The molecule has 0 aromatic heterocycles. The van der Waals surface area contributed by atoms with Crippen LogP contribution < -0.4 is 0 Å². The third-order valence-electron chi connectivity index (χ3n) is 3.11. The van der Waals surface area contributed by atoms with Gasteiger partial charge in [-0.15, -0.1) is 0 Å². The van der Waals surface area contributed by atoms with Crippen molar-refractivity contribution in [2.75, 3.05) is 0 Å². The van der Waals surface area contributed by atoms with Crippen LogP contribution in [0.3, 0.4) is 0 Å². The molecule has 0 rings (SSSR count). The van der Waals surface area contributed by atoms with Crippen LogP contribution in [0.4, 0.5) is 0 Å². The van der Waals surface area contributed by atoms with Gasteiger partial charge in [0.2, 0.25) is 0 Å². The lowest BCUT2D eigenvalue weighted by atomic mass is 9.92. The van der Waals surface area contributed by atoms with Gasteiger partial charge in [-0.05, 0) is 35.8 Å². The van der Waals surface area contributed by atoms with Crippen molar-refractivity contribution in [3.05, 3.63) is 23.3 Å². The standard InChI is InChI=1S/C16H29N/c1-8-14(11(2)3)9-15(12(4)5)10-16(17)13(6)7/h9-13,17H,8H2,1-7H3/b14-9+,15-10+,17-16?. The van der Waals surface area contributed by atoms with Crippen LogP contribution in [0.2, 0.25) is 0 Å². The van der Waals surface area contributed by atoms with Crippen LogP contribution in [0.5, 0.6) is 0 Å². The van der Waals surface area contributed by atoms with Gasteiger partial charge in [0.25, 0.3) is 0 Å². The van der Waals surface area contributed by atoms with Crippen LogP contribution in [0, 0.1) is 23.2 Å². The summed E-state index contributed by atoms with van der Waals surface area (Å²) in [5.41, 5.74) is 3.49. The number of rotatable bonds is 6. The van der Waals surface area contributed by atoms with Gasteiger partial charge in [0.05, 0.1) is 0 Å². The molecule has 0 aromatic rings. The van der Waals surface area contributed by atoms with E-state index in [0.717, 1.165) is 12.1 Å². The number of hydrogen-bond acceptors (Lipinski definition) is 1. The van der Waals surface area contributed by atoms with Gasteiger partial charge in [-0.3, -0.25) is 0 Å². The first-order chi connectivity index (χ1) is 7.79. The lowest BCUT2D eigenvalue weighted by Gasteiger charge is -2.14. The summed E-state index contributed by atoms with van der Waals surface area (Å²) in [6.07, 6.45) is 5.44. The fourth-order valence-electron chi connectivity index (χ4n) is 1.61. The fraction of sp³-hybridized carbons (Fsp3) is 0.688. The quantitative estimate of drug-likeness (QED) is 0.481. The molecule has 98 valence electrons. The van der Waals surface area contributed by atoms with Crippen LogP contribution in [-0.4, -0.2) is 5.71 Å². The molecule has 0 saturated heterocycles. The Morgan fingerprint density at radius 3 is 1.71 bits per heavy atom. The van der Waals surface area contributed by atoms with E-state index in [0.29, 0.717) is 17.8 Å². The summed E-state index contributed by atoms with van der Waals surface area (Å²) in [7, 11) is 0. The maximum atomic E-state index is 7.97. The molecule has 0 aromatic carbocycles. The van der Waals surface area contributed by atoms with Gasteiger partial charge >= 0.3 is 0 Å². The maximum absolute atomic E-state index is 7.97. The molecule has 0 unspecified atom stereocenters.